The van der Waals surface area contributed by atoms with Crippen LogP contribution in [-0.4, -0.2) is 27.3 Å². The molecular weight excluding hydrogens is 230 g/mol. The van der Waals surface area contributed by atoms with Crippen molar-refractivity contribution in [2.24, 2.45) is 0 Å². The highest BCUT2D eigenvalue weighted by atomic mass is 32.2. The van der Waals surface area contributed by atoms with Crippen LogP contribution in [0.1, 0.15) is 6.92 Å². The van der Waals surface area contributed by atoms with Gasteiger partial charge in [0.1, 0.15) is 5.75 Å². The molecule has 0 atom stereocenters. The molecule has 1 amide bonds. The zero-order chi connectivity index (χ0) is 12.2. The second-order valence-electron chi connectivity index (χ2n) is 3.16. The standard InChI is InChI=1S/C10H13NO4S/c1-3-11-10(12)15-8-4-6-9(7-5-8)16(2,13)14/h4-7H,3H2,1-2H3,(H,11,12). The molecule has 1 N–H and O–H groups in total. The summed E-state index contributed by atoms with van der Waals surface area (Å²) < 4.78 is 27.2. The van der Waals surface area contributed by atoms with Crippen LogP contribution in [0.4, 0.5) is 4.79 Å². The zero-order valence-corrected chi connectivity index (χ0v) is 9.87. The molecule has 0 bridgehead atoms. The van der Waals surface area contributed by atoms with Crippen molar-refractivity contribution in [3.63, 3.8) is 0 Å². The summed E-state index contributed by atoms with van der Waals surface area (Å²) in [6.07, 6.45) is 0.557. The van der Waals surface area contributed by atoms with Crippen LogP contribution in [0.25, 0.3) is 0 Å². The quantitative estimate of drug-likeness (QED) is 0.865. The molecule has 0 aromatic heterocycles. The molecule has 0 unspecified atom stereocenters. The highest BCUT2D eigenvalue weighted by Gasteiger charge is 2.07. The topological polar surface area (TPSA) is 72.5 Å². The minimum absolute atomic E-state index is 0.191. The summed E-state index contributed by atoms with van der Waals surface area (Å²) in [5, 5.41) is 2.46. The lowest BCUT2D eigenvalue weighted by Gasteiger charge is -2.05. The maximum Gasteiger partial charge on any atom is 0.412 e. The summed E-state index contributed by atoms with van der Waals surface area (Å²) in [5.74, 6) is 0.304. The molecule has 1 aromatic rings. The molecule has 0 aliphatic carbocycles. The van der Waals surface area contributed by atoms with Crippen molar-refractivity contribution in [1.29, 1.82) is 0 Å². The van der Waals surface area contributed by atoms with Gasteiger partial charge in [-0.1, -0.05) is 0 Å². The molecule has 1 rings (SSSR count). The van der Waals surface area contributed by atoms with E-state index in [0.717, 1.165) is 6.26 Å². The first-order chi connectivity index (χ1) is 7.43. The van der Waals surface area contributed by atoms with Gasteiger partial charge in [-0.3, -0.25) is 0 Å². The smallest absolute Gasteiger partial charge is 0.410 e. The Bertz CT molecular complexity index is 464. The van der Waals surface area contributed by atoms with Gasteiger partial charge in [0.25, 0.3) is 0 Å². The summed E-state index contributed by atoms with van der Waals surface area (Å²) in [6, 6.07) is 5.66. The van der Waals surface area contributed by atoms with E-state index in [1.54, 1.807) is 6.92 Å². The van der Waals surface area contributed by atoms with Gasteiger partial charge >= 0.3 is 6.09 Å². The van der Waals surface area contributed by atoms with E-state index in [1.165, 1.54) is 24.3 Å². The molecule has 0 fully saturated rings. The number of hydrogen-bond acceptors (Lipinski definition) is 4. The van der Waals surface area contributed by atoms with E-state index in [9.17, 15) is 13.2 Å². The predicted molar refractivity (Wildman–Crippen MR) is 59.3 cm³/mol. The summed E-state index contributed by atoms with van der Waals surface area (Å²) in [5.41, 5.74) is 0. The number of carbonyl (C=O) groups excluding carboxylic acids is 1. The third kappa shape index (κ3) is 3.54. The molecule has 88 valence electrons. The van der Waals surface area contributed by atoms with E-state index >= 15 is 0 Å². The van der Waals surface area contributed by atoms with Crippen molar-refractivity contribution in [3.8, 4) is 5.75 Å². The summed E-state index contributed by atoms with van der Waals surface area (Å²) in [7, 11) is -3.21. The van der Waals surface area contributed by atoms with E-state index in [-0.39, 0.29) is 4.90 Å². The van der Waals surface area contributed by atoms with Crippen molar-refractivity contribution < 1.29 is 17.9 Å². The number of benzene rings is 1. The van der Waals surface area contributed by atoms with Crippen molar-refractivity contribution >= 4 is 15.9 Å². The van der Waals surface area contributed by atoms with Crippen LogP contribution in [-0.2, 0) is 9.84 Å². The van der Waals surface area contributed by atoms with Gasteiger partial charge in [0, 0.05) is 12.8 Å². The third-order valence-electron chi connectivity index (χ3n) is 1.78. The Balaban J connectivity index is 2.76. The highest BCUT2D eigenvalue weighted by molar-refractivity contribution is 7.90. The molecule has 16 heavy (non-hydrogen) atoms. The Kier molecular flexibility index (Phi) is 3.89. The Labute approximate surface area is 94.3 Å². The minimum Gasteiger partial charge on any atom is -0.410 e. The van der Waals surface area contributed by atoms with Gasteiger partial charge in [-0.25, -0.2) is 13.2 Å². The summed E-state index contributed by atoms with van der Waals surface area (Å²) in [6.45, 7) is 2.24. The molecule has 0 heterocycles. The normalized spacial score (nSPS) is 10.9. The fourth-order valence-electron chi connectivity index (χ4n) is 1.04. The Morgan fingerprint density at radius 2 is 1.88 bits per heavy atom. The largest absolute Gasteiger partial charge is 0.412 e. The maximum absolute atomic E-state index is 11.1. The second kappa shape index (κ2) is 4.98. The SMILES string of the molecule is CCNC(=O)Oc1ccc(S(C)(=O)=O)cc1. The van der Waals surface area contributed by atoms with E-state index in [1.807, 2.05) is 0 Å². The Morgan fingerprint density at radius 1 is 1.31 bits per heavy atom. The van der Waals surface area contributed by atoms with Crippen molar-refractivity contribution in [1.82, 2.24) is 5.32 Å². The summed E-state index contributed by atoms with van der Waals surface area (Å²) >= 11 is 0. The fraction of sp³-hybridized carbons (Fsp3) is 0.300. The molecule has 1 aromatic carbocycles. The Morgan fingerprint density at radius 3 is 2.31 bits per heavy atom. The van der Waals surface area contributed by atoms with E-state index in [0.29, 0.717) is 12.3 Å². The van der Waals surface area contributed by atoms with Crippen molar-refractivity contribution in [2.45, 2.75) is 11.8 Å². The van der Waals surface area contributed by atoms with Crippen LogP contribution in [0.15, 0.2) is 29.2 Å². The van der Waals surface area contributed by atoms with Crippen molar-refractivity contribution in [3.05, 3.63) is 24.3 Å². The summed E-state index contributed by atoms with van der Waals surface area (Å²) in [4.78, 5) is 11.2. The van der Waals surface area contributed by atoms with Crippen LogP contribution in [0.3, 0.4) is 0 Å². The van der Waals surface area contributed by atoms with Crippen LogP contribution in [0.5, 0.6) is 5.75 Å². The van der Waals surface area contributed by atoms with Gasteiger partial charge < -0.3 is 10.1 Å². The van der Waals surface area contributed by atoms with Crippen LogP contribution in [0, 0.1) is 0 Å². The molecule has 0 aliphatic heterocycles. The van der Waals surface area contributed by atoms with E-state index in [4.69, 9.17) is 4.74 Å². The van der Waals surface area contributed by atoms with Gasteiger partial charge in [-0.05, 0) is 31.2 Å². The molecular formula is C10H13NO4S. The lowest BCUT2D eigenvalue weighted by Crippen LogP contribution is -2.26. The number of sulfone groups is 1. The second-order valence-corrected chi connectivity index (χ2v) is 5.18. The monoisotopic (exact) mass is 243 g/mol. The van der Waals surface area contributed by atoms with Crippen LogP contribution in [0.2, 0.25) is 0 Å². The number of carbonyl (C=O) groups is 1. The number of ether oxygens (including phenoxy) is 1. The molecule has 5 nitrogen and oxygen atoms in total. The molecule has 0 aliphatic rings. The number of nitrogens with one attached hydrogen (secondary N) is 1. The molecule has 0 saturated carbocycles. The van der Waals surface area contributed by atoms with Crippen molar-refractivity contribution in [2.75, 3.05) is 12.8 Å². The highest BCUT2D eigenvalue weighted by Crippen LogP contribution is 2.15. The van der Waals surface area contributed by atoms with E-state index in [2.05, 4.69) is 5.32 Å². The molecule has 6 heteroatoms. The molecule has 0 saturated heterocycles. The first-order valence-corrected chi connectivity index (χ1v) is 6.58. The van der Waals surface area contributed by atoms with Gasteiger partial charge in [0.05, 0.1) is 4.90 Å². The first-order valence-electron chi connectivity index (χ1n) is 4.69. The van der Waals surface area contributed by atoms with Gasteiger partial charge in [0.15, 0.2) is 9.84 Å². The van der Waals surface area contributed by atoms with Gasteiger partial charge in [0.2, 0.25) is 0 Å². The van der Waals surface area contributed by atoms with Crippen LogP contribution < -0.4 is 10.1 Å². The van der Waals surface area contributed by atoms with E-state index < -0.39 is 15.9 Å². The lowest BCUT2D eigenvalue weighted by molar-refractivity contribution is 0.201. The lowest BCUT2D eigenvalue weighted by atomic mass is 10.3. The number of amides is 1. The average Bonchev–Trinajstić information content (AvgIpc) is 2.17. The van der Waals surface area contributed by atoms with Crippen LogP contribution >= 0.6 is 0 Å². The maximum atomic E-state index is 11.1. The predicted octanol–water partition coefficient (Wildman–Crippen LogP) is 1.20. The van der Waals surface area contributed by atoms with Gasteiger partial charge in [-0.2, -0.15) is 0 Å². The average molecular weight is 243 g/mol. The number of rotatable bonds is 3. The first kappa shape index (κ1) is 12.5. The van der Waals surface area contributed by atoms with Gasteiger partial charge in [-0.15, -0.1) is 0 Å². The number of hydrogen-bond donors (Lipinski definition) is 1. The fourth-order valence-corrected chi connectivity index (χ4v) is 1.67. The minimum atomic E-state index is -3.21. The third-order valence-corrected chi connectivity index (χ3v) is 2.91. The Hall–Kier alpha value is -1.56. The molecule has 0 radical (unpaired) electrons. The molecule has 0 spiro atoms. The zero-order valence-electron chi connectivity index (χ0n) is 9.06.